The van der Waals surface area contributed by atoms with Crippen LogP contribution in [0.2, 0.25) is 0 Å². The summed E-state index contributed by atoms with van der Waals surface area (Å²) >= 11 is 0. The Labute approximate surface area is 247 Å². The quantitative estimate of drug-likeness (QED) is 0.223. The minimum atomic E-state index is -1.19. The number of anilines is 3. The average molecular weight is 582 g/mol. The molecule has 2 N–H and O–H groups in total. The molecule has 3 aromatic rings. The van der Waals surface area contributed by atoms with Crippen molar-refractivity contribution in [2.45, 2.75) is 64.9 Å². The maximum Gasteiger partial charge on any atom is 0.410 e. The van der Waals surface area contributed by atoms with Gasteiger partial charge in [-0.05, 0) is 87.2 Å². The second kappa shape index (κ2) is 13.6. The number of carbonyl (C=O) groups is 1. The molecule has 0 saturated heterocycles. The van der Waals surface area contributed by atoms with E-state index in [9.17, 15) is 4.79 Å². The van der Waals surface area contributed by atoms with Crippen LogP contribution >= 0.6 is 10.3 Å². The summed E-state index contributed by atoms with van der Waals surface area (Å²) in [6.45, 7) is 14.2. The minimum absolute atomic E-state index is 0.122. The molecule has 1 aromatic carbocycles. The van der Waals surface area contributed by atoms with E-state index in [0.29, 0.717) is 19.7 Å². The Morgan fingerprint density at radius 3 is 2.37 bits per heavy atom. The van der Waals surface area contributed by atoms with E-state index < -0.39 is 15.9 Å². The molecule has 0 radical (unpaired) electrons. The van der Waals surface area contributed by atoms with Crippen molar-refractivity contribution in [1.82, 2.24) is 14.9 Å². The number of carbonyl (C=O) groups excluding carboxylic acids is 1. The first-order chi connectivity index (χ1) is 19.1. The van der Waals surface area contributed by atoms with E-state index in [1.54, 1.807) is 18.1 Å². The van der Waals surface area contributed by atoms with Gasteiger partial charge in [-0.15, -0.1) is 10.3 Å². The summed E-state index contributed by atoms with van der Waals surface area (Å²) in [4.78, 5) is 22.8. The molecule has 0 saturated carbocycles. The highest BCUT2D eigenvalue weighted by Crippen LogP contribution is 2.54. The molecule has 2 aromatic heterocycles. The van der Waals surface area contributed by atoms with Crippen LogP contribution in [0.5, 0.6) is 0 Å². The molecular formula is C32H47N5O3S. The molecule has 224 valence electrons. The molecule has 0 aliphatic rings. The monoisotopic (exact) mass is 581 g/mol. The van der Waals surface area contributed by atoms with Crippen molar-refractivity contribution in [3.05, 3.63) is 66.5 Å². The molecule has 3 rings (SSSR count). The molecule has 0 fully saturated rings. The number of rotatable bonds is 11. The maximum absolute atomic E-state index is 12.1. The fourth-order valence-electron chi connectivity index (χ4n) is 3.59. The highest BCUT2D eigenvalue weighted by Gasteiger charge is 2.28. The Kier molecular flexibility index (Phi) is 10.7. The molecule has 2 heterocycles. The van der Waals surface area contributed by atoms with Gasteiger partial charge >= 0.3 is 6.09 Å². The van der Waals surface area contributed by atoms with Crippen molar-refractivity contribution in [2.75, 3.05) is 43.3 Å². The zero-order valence-corrected chi connectivity index (χ0v) is 26.9. The number of benzene rings is 1. The Morgan fingerprint density at radius 2 is 1.71 bits per heavy atom. The summed E-state index contributed by atoms with van der Waals surface area (Å²) in [5.41, 5.74) is 3.62. The molecule has 41 heavy (non-hydrogen) atoms. The number of pyridine rings is 2. The molecule has 0 aliphatic carbocycles. The summed E-state index contributed by atoms with van der Waals surface area (Å²) in [5.74, 6) is 1.55. The van der Waals surface area contributed by atoms with Gasteiger partial charge in [0.05, 0.1) is 6.61 Å². The molecule has 0 spiro atoms. The maximum atomic E-state index is 12.1. The number of hydrogen-bond acceptors (Lipinski definition) is 7. The molecule has 1 amide bonds. The van der Waals surface area contributed by atoms with Crippen molar-refractivity contribution < 1.29 is 13.7 Å². The van der Waals surface area contributed by atoms with E-state index in [4.69, 9.17) is 8.92 Å². The molecule has 0 aliphatic heterocycles. The molecule has 8 nitrogen and oxygen atoms in total. The van der Waals surface area contributed by atoms with Gasteiger partial charge in [0.25, 0.3) is 0 Å². The summed E-state index contributed by atoms with van der Waals surface area (Å²) in [6, 6.07) is 16.3. The van der Waals surface area contributed by atoms with Gasteiger partial charge in [-0.1, -0.05) is 32.9 Å². The summed E-state index contributed by atoms with van der Waals surface area (Å²) in [7, 11) is 0.562. The zero-order chi connectivity index (χ0) is 30.3. The van der Waals surface area contributed by atoms with Crippen LogP contribution in [0.15, 0.2) is 60.9 Å². The van der Waals surface area contributed by atoms with Crippen LogP contribution in [0.1, 0.15) is 53.5 Å². The first-order valence-corrected chi connectivity index (χ1v) is 16.3. The largest absolute Gasteiger partial charge is 0.444 e. The second-order valence-corrected chi connectivity index (χ2v) is 16.4. The predicted octanol–water partition coefficient (Wildman–Crippen LogP) is 7.85. The molecule has 0 bridgehead atoms. The van der Waals surface area contributed by atoms with E-state index >= 15 is 0 Å². The summed E-state index contributed by atoms with van der Waals surface area (Å²) in [5, 5.41) is 6.75. The molecule has 0 unspecified atom stereocenters. The van der Waals surface area contributed by atoms with Gasteiger partial charge in [-0.3, -0.25) is 0 Å². The lowest BCUT2D eigenvalue weighted by molar-refractivity contribution is 0.0298. The highest BCUT2D eigenvalue weighted by atomic mass is 32.3. The Balaban J connectivity index is 1.53. The van der Waals surface area contributed by atoms with Gasteiger partial charge in [0.15, 0.2) is 0 Å². The van der Waals surface area contributed by atoms with Crippen molar-refractivity contribution in [3.8, 4) is 11.1 Å². The number of nitrogens with one attached hydrogen (secondary N) is 2. The lowest BCUT2D eigenvalue weighted by Gasteiger charge is -2.43. The van der Waals surface area contributed by atoms with Crippen molar-refractivity contribution in [1.29, 1.82) is 0 Å². The third kappa shape index (κ3) is 10.2. The van der Waals surface area contributed by atoms with Crippen LogP contribution in [-0.4, -0.2) is 64.0 Å². The third-order valence-corrected chi connectivity index (χ3v) is 10.4. The van der Waals surface area contributed by atoms with E-state index in [0.717, 1.165) is 40.4 Å². The van der Waals surface area contributed by atoms with Gasteiger partial charge in [0.2, 0.25) is 0 Å². The first kappa shape index (κ1) is 32.2. The van der Waals surface area contributed by atoms with E-state index in [2.05, 4.69) is 66.0 Å². The lowest BCUT2D eigenvalue weighted by Crippen LogP contribution is -2.35. The topological polar surface area (TPSA) is 88.6 Å². The van der Waals surface area contributed by atoms with E-state index in [1.807, 2.05) is 63.4 Å². The van der Waals surface area contributed by atoms with Gasteiger partial charge in [-0.25, -0.2) is 14.8 Å². The van der Waals surface area contributed by atoms with Gasteiger partial charge in [0, 0.05) is 48.5 Å². The number of ether oxygens (including phenoxy) is 1. The van der Waals surface area contributed by atoms with E-state index in [-0.39, 0.29) is 10.8 Å². The number of hydrogen-bond donors (Lipinski definition) is 2. The van der Waals surface area contributed by atoms with Crippen molar-refractivity contribution >= 4 is 33.7 Å². The lowest BCUT2D eigenvalue weighted by atomic mass is 10.1. The van der Waals surface area contributed by atoms with Crippen LogP contribution in [0.25, 0.3) is 11.1 Å². The van der Waals surface area contributed by atoms with Crippen LogP contribution in [0, 0.1) is 0 Å². The average Bonchev–Trinajstić information content (AvgIpc) is 2.89. The smallest absolute Gasteiger partial charge is 0.410 e. The molecule has 0 atom stereocenters. The first-order valence-electron chi connectivity index (χ1n) is 14.0. The van der Waals surface area contributed by atoms with Crippen LogP contribution < -0.4 is 10.6 Å². The number of nitrogens with zero attached hydrogens (tertiary/aromatic N) is 3. The fraction of sp³-hybridized carbons (Fsp3) is 0.469. The Bertz CT molecular complexity index is 1280. The van der Waals surface area contributed by atoms with E-state index in [1.165, 1.54) is 0 Å². The van der Waals surface area contributed by atoms with Crippen LogP contribution in [0.3, 0.4) is 0 Å². The van der Waals surface area contributed by atoms with Crippen molar-refractivity contribution in [2.24, 2.45) is 0 Å². The molecular weight excluding hydrogens is 534 g/mol. The summed E-state index contributed by atoms with van der Waals surface area (Å²) < 4.78 is 11.9. The zero-order valence-electron chi connectivity index (χ0n) is 26.1. The van der Waals surface area contributed by atoms with Crippen LogP contribution in [0.4, 0.5) is 22.1 Å². The SMILES string of the molecule is CN(CCCNc1ccc(-c2ccnc(Nc3cccc(COS(C)(C)C(C)(C)C)c3)c2)cn1)C(=O)OC(C)(C)C. The fourth-order valence-corrected chi connectivity index (χ4v) is 4.37. The normalized spacial score (nSPS) is 12.5. The number of amides is 1. The van der Waals surface area contributed by atoms with Crippen molar-refractivity contribution in [3.63, 3.8) is 0 Å². The Morgan fingerprint density at radius 1 is 0.951 bits per heavy atom. The standard InChI is InChI=1S/C32H47N5O3S/c1-31(2,3)40-30(38)37(7)19-11-17-33-28-15-14-26(22-35-28)25-16-18-34-29(21-25)36-27-13-10-12-24(20-27)23-39-41(8,9)32(4,5)6/h10,12-16,18,20-22H,11,17,19,23H2,1-9H3,(H,33,35)(H,34,36). The van der Waals surface area contributed by atoms with Gasteiger partial charge in [0.1, 0.15) is 17.2 Å². The second-order valence-electron chi connectivity index (χ2n) is 12.5. The third-order valence-electron chi connectivity index (χ3n) is 6.73. The minimum Gasteiger partial charge on any atom is -0.444 e. The predicted molar refractivity (Wildman–Crippen MR) is 173 cm³/mol. The highest BCUT2D eigenvalue weighted by molar-refractivity contribution is 8.29. The Hall–Kier alpha value is -3.30. The van der Waals surface area contributed by atoms with Gasteiger partial charge in [-0.2, -0.15) is 0 Å². The van der Waals surface area contributed by atoms with Gasteiger partial charge < -0.3 is 24.5 Å². The van der Waals surface area contributed by atoms with Crippen LogP contribution in [-0.2, 0) is 15.5 Å². The summed E-state index contributed by atoms with van der Waals surface area (Å²) in [6.07, 6.45) is 8.56. The molecule has 9 heteroatoms. The number of aromatic nitrogens is 2.